The lowest BCUT2D eigenvalue weighted by molar-refractivity contribution is 0.0686. The van der Waals surface area contributed by atoms with Crippen LogP contribution in [-0.2, 0) is 6.54 Å². The molecule has 5 nitrogen and oxygen atoms in total. The average Bonchev–Trinajstić information content (AvgIpc) is 2.75. The van der Waals surface area contributed by atoms with E-state index >= 15 is 0 Å². The molecule has 96 valence electrons. The van der Waals surface area contributed by atoms with Crippen molar-refractivity contribution < 1.29 is 19.4 Å². The van der Waals surface area contributed by atoms with Gasteiger partial charge in [-0.15, -0.1) is 0 Å². The summed E-state index contributed by atoms with van der Waals surface area (Å²) in [4.78, 5) is 11.2. The quantitative estimate of drug-likeness (QED) is 0.903. The number of ether oxygens (including phenoxy) is 2. The normalized spacial score (nSPS) is 10.6. The molecule has 0 aliphatic heterocycles. The van der Waals surface area contributed by atoms with Crippen LogP contribution in [-0.4, -0.2) is 29.9 Å². The Morgan fingerprint density at radius 1 is 1.33 bits per heavy atom. The van der Waals surface area contributed by atoms with E-state index in [1.54, 1.807) is 30.9 Å². The molecule has 1 N–H and O–H groups in total. The minimum Gasteiger partial charge on any atom is -0.493 e. The van der Waals surface area contributed by atoms with Crippen molar-refractivity contribution in [3.8, 4) is 11.5 Å². The number of carbonyl (C=O) groups is 1. The summed E-state index contributed by atoms with van der Waals surface area (Å²) in [5, 5.41) is 9.94. The molecule has 0 unspecified atom stereocenters. The molecule has 0 aliphatic carbocycles. The number of aromatic carboxylic acids is 1. The summed E-state index contributed by atoms with van der Waals surface area (Å²) in [7, 11) is 3.10. The van der Waals surface area contributed by atoms with Gasteiger partial charge in [0.1, 0.15) is 5.69 Å². The molecule has 0 fully saturated rings. The van der Waals surface area contributed by atoms with Gasteiger partial charge in [0.2, 0.25) is 0 Å². The van der Waals surface area contributed by atoms with E-state index in [9.17, 15) is 9.90 Å². The third kappa shape index (κ3) is 1.68. The van der Waals surface area contributed by atoms with Gasteiger partial charge in [-0.2, -0.15) is 0 Å². The zero-order valence-electron chi connectivity index (χ0n) is 10.6. The maximum atomic E-state index is 11.2. The maximum absolute atomic E-state index is 11.2. The number of rotatable bonds is 4. The Labute approximate surface area is 105 Å². The van der Waals surface area contributed by atoms with Crippen molar-refractivity contribution in [2.45, 2.75) is 13.5 Å². The molecule has 18 heavy (non-hydrogen) atoms. The van der Waals surface area contributed by atoms with Crippen LogP contribution in [0.2, 0.25) is 0 Å². The zero-order valence-corrected chi connectivity index (χ0v) is 10.6. The second-order valence-corrected chi connectivity index (χ2v) is 3.81. The van der Waals surface area contributed by atoms with Crippen LogP contribution in [0.5, 0.6) is 11.5 Å². The van der Waals surface area contributed by atoms with Gasteiger partial charge >= 0.3 is 5.97 Å². The zero-order chi connectivity index (χ0) is 13.3. The molecular formula is C13H15NO4. The Hall–Kier alpha value is -2.17. The van der Waals surface area contributed by atoms with E-state index in [1.165, 1.54) is 0 Å². The second-order valence-electron chi connectivity index (χ2n) is 3.81. The lowest BCUT2D eigenvalue weighted by Crippen LogP contribution is -2.06. The first-order valence-corrected chi connectivity index (χ1v) is 5.61. The number of aromatic nitrogens is 1. The minimum absolute atomic E-state index is 0.249. The Kier molecular flexibility index (Phi) is 3.14. The summed E-state index contributed by atoms with van der Waals surface area (Å²) in [5.41, 5.74) is 1.08. The molecule has 2 aromatic rings. The predicted molar refractivity (Wildman–Crippen MR) is 67.7 cm³/mol. The minimum atomic E-state index is -0.950. The average molecular weight is 249 g/mol. The first-order chi connectivity index (χ1) is 8.63. The number of hydrogen-bond donors (Lipinski definition) is 1. The van der Waals surface area contributed by atoms with Crippen LogP contribution >= 0.6 is 0 Å². The first-order valence-electron chi connectivity index (χ1n) is 5.61. The fourth-order valence-corrected chi connectivity index (χ4v) is 2.18. The molecule has 1 aromatic carbocycles. The molecule has 0 saturated carbocycles. The number of fused-ring (bicyclic) bond motifs is 1. The van der Waals surface area contributed by atoms with Crippen molar-refractivity contribution in [1.29, 1.82) is 0 Å². The predicted octanol–water partition coefficient (Wildman–Crippen LogP) is 2.38. The molecule has 1 heterocycles. The highest BCUT2D eigenvalue weighted by Gasteiger charge is 2.18. The van der Waals surface area contributed by atoms with Gasteiger partial charge in [-0.1, -0.05) is 0 Å². The lowest BCUT2D eigenvalue weighted by atomic mass is 10.2. The van der Waals surface area contributed by atoms with Gasteiger partial charge in [-0.3, -0.25) is 0 Å². The van der Waals surface area contributed by atoms with E-state index in [2.05, 4.69) is 0 Å². The molecule has 1 aromatic heterocycles. The SMILES string of the molecule is CCn1c(C(=O)O)cc2c(OC)c(OC)ccc21. The van der Waals surface area contributed by atoms with Crippen molar-refractivity contribution in [3.05, 3.63) is 23.9 Å². The highest BCUT2D eigenvalue weighted by molar-refractivity contribution is 5.98. The number of carboxylic acid groups (broad SMARTS) is 1. The summed E-state index contributed by atoms with van der Waals surface area (Å²) in [6, 6.07) is 5.23. The van der Waals surface area contributed by atoms with E-state index in [0.717, 1.165) is 10.9 Å². The number of nitrogens with zero attached hydrogens (tertiary/aromatic N) is 1. The monoisotopic (exact) mass is 249 g/mol. The Balaban J connectivity index is 2.82. The van der Waals surface area contributed by atoms with E-state index in [1.807, 2.05) is 13.0 Å². The van der Waals surface area contributed by atoms with Gasteiger partial charge in [0.15, 0.2) is 11.5 Å². The van der Waals surface area contributed by atoms with Crippen LogP contribution in [0.1, 0.15) is 17.4 Å². The molecule has 2 rings (SSSR count). The number of benzene rings is 1. The largest absolute Gasteiger partial charge is 0.493 e. The third-order valence-electron chi connectivity index (χ3n) is 2.96. The van der Waals surface area contributed by atoms with Crippen molar-refractivity contribution in [1.82, 2.24) is 4.57 Å². The lowest BCUT2D eigenvalue weighted by Gasteiger charge is -2.09. The van der Waals surface area contributed by atoms with Gasteiger partial charge in [-0.05, 0) is 25.1 Å². The number of aryl methyl sites for hydroxylation is 1. The molecule has 0 bridgehead atoms. The summed E-state index contributed by atoms with van der Waals surface area (Å²) in [5.74, 6) is 0.203. The molecule has 0 spiro atoms. The smallest absolute Gasteiger partial charge is 0.352 e. The fourth-order valence-electron chi connectivity index (χ4n) is 2.18. The molecule has 0 atom stereocenters. The van der Waals surface area contributed by atoms with Gasteiger partial charge in [0.25, 0.3) is 0 Å². The van der Waals surface area contributed by atoms with Gasteiger partial charge in [0, 0.05) is 11.9 Å². The standard InChI is InChI=1S/C13H15NO4/c1-4-14-9-5-6-11(17-2)12(18-3)8(9)7-10(14)13(15)16/h5-7H,4H2,1-3H3,(H,15,16). The van der Waals surface area contributed by atoms with Crippen LogP contribution < -0.4 is 9.47 Å². The molecule has 0 amide bonds. The second kappa shape index (κ2) is 4.60. The van der Waals surface area contributed by atoms with Gasteiger partial charge in [-0.25, -0.2) is 4.79 Å². The van der Waals surface area contributed by atoms with Crippen LogP contribution in [0.25, 0.3) is 10.9 Å². The van der Waals surface area contributed by atoms with Crippen molar-refractivity contribution in [2.24, 2.45) is 0 Å². The van der Waals surface area contributed by atoms with Crippen LogP contribution in [0.15, 0.2) is 18.2 Å². The Bertz CT molecular complexity index is 601. The molecular weight excluding hydrogens is 234 g/mol. The van der Waals surface area contributed by atoms with E-state index in [4.69, 9.17) is 9.47 Å². The molecule has 0 radical (unpaired) electrons. The molecule has 0 saturated heterocycles. The summed E-state index contributed by atoms with van der Waals surface area (Å²) < 4.78 is 12.3. The van der Waals surface area contributed by atoms with Crippen molar-refractivity contribution >= 4 is 16.9 Å². The van der Waals surface area contributed by atoms with E-state index in [-0.39, 0.29) is 5.69 Å². The maximum Gasteiger partial charge on any atom is 0.352 e. The Morgan fingerprint density at radius 2 is 2.06 bits per heavy atom. The van der Waals surface area contributed by atoms with E-state index < -0.39 is 5.97 Å². The van der Waals surface area contributed by atoms with Crippen molar-refractivity contribution in [3.63, 3.8) is 0 Å². The van der Waals surface area contributed by atoms with Gasteiger partial charge in [0.05, 0.1) is 19.7 Å². The van der Waals surface area contributed by atoms with Crippen LogP contribution in [0, 0.1) is 0 Å². The summed E-state index contributed by atoms with van der Waals surface area (Å²) in [6.45, 7) is 2.49. The first kappa shape index (κ1) is 12.3. The topological polar surface area (TPSA) is 60.7 Å². The van der Waals surface area contributed by atoms with Gasteiger partial charge < -0.3 is 19.1 Å². The van der Waals surface area contributed by atoms with Crippen LogP contribution in [0.3, 0.4) is 0 Å². The molecule has 5 heteroatoms. The van der Waals surface area contributed by atoms with E-state index in [0.29, 0.717) is 18.0 Å². The summed E-state index contributed by atoms with van der Waals surface area (Å²) in [6.07, 6.45) is 0. The third-order valence-corrected chi connectivity index (χ3v) is 2.96. The molecule has 0 aliphatic rings. The van der Waals surface area contributed by atoms with Crippen molar-refractivity contribution in [2.75, 3.05) is 14.2 Å². The Morgan fingerprint density at radius 3 is 2.56 bits per heavy atom. The summed E-state index contributed by atoms with van der Waals surface area (Å²) >= 11 is 0. The fraction of sp³-hybridized carbons (Fsp3) is 0.308. The van der Waals surface area contributed by atoms with Crippen LogP contribution in [0.4, 0.5) is 0 Å². The highest BCUT2D eigenvalue weighted by Crippen LogP contribution is 2.37. The number of methoxy groups -OCH3 is 2. The number of carboxylic acids is 1. The number of hydrogen-bond acceptors (Lipinski definition) is 3. The highest BCUT2D eigenvalue weighted by atomic mass is 16.5.